The summed E-state index contributed by atoms with van der Waals surface area (Å²) in [5.74, 6) is -0.582. The van der Waals surface area contributed by atoms with Crippen LogP contribution in [-0.2, 0) is 20.1 Å². The first kappa shape index (κ1) is 20.2. The van der Waals surface area contributed by atoms with Crippen LogP contribution in [0, 0.1) is 0 Å². The van der Waals surface area contributed by atoms with E-state index in [2.05, 4.69) is 20.5 Å². The number of halogens is 1. The van der Waals surface area contributed by atoms with Crippen LogP contribution >= 0.6 is 0 Å². The summed E-state index contributed by atoms with van der Waals surface area (Å²) in [4.78, 5) is 28.1. The molecule has 0 aliphatic rings. The van der Waals surface area contributed by atoms with Crippen molar-refractivity contribution in [3.8, 4) is 17.3 Å². The van der Waals surface area contributed by atoms with Crippen molar-refractivity contribution >= 4 is 11.7 Å². The molecule has 9 nitrogen and oxygen atoms in total. The number of aryl methyl sites for hydroxylation is 2. The van der Waals surface area contributed by atoms with Gasteiger partial charge in [0.15, 0.2) is 5.69 Å². The highest BCUT2D eigenvalue weighted by Crippen LogP contribution is 2.20. The van der Waals surface area contributed by atoms with Gasteiger partial charge < -0.3 is 9.73 Å². The number of carbonyl (C=O) groups is 1. The third kappa shape index (κ3) is 4.13. The summed E-state index contributed by atoms with van der Waals surface area (Å²) in [6.07, 6.45) is 2.35. The van der Waals surface area contributed by atoms with E-state index in [0.29, 0.717) is 17.1 Å². The topological polar surface area (TPSA) is 108 Å². The molecule has 158 valence electrons. The lowest BCUT2D eigenvalue weighted by molar-refractivity contribution is 0.102. The van der Waals surface area contributed by atoms with Gasteiger partial charge in [-0.05, 0) is 42.3 Å². The van der Waals surface area contributed by atoms with Gasteiger partial charge in [0, 0.05) is 12.6 Å². The predicted molar refractivity (Wildman–Crippen MR) is 111 cm³/mol. The van der Waals surface area contributed by atoms with Crippen LogP contribution in [0.5, 0.6) is 0 Å². The molecule has 10 heteroatoms. The van der Waals surface area contributed by atoms with Crippen LogP contribution in [0.2, 0.25) is 0 Å². The van der Waals surface area contributed by atoms with Crippen LogP contribution in [0.4, 0.5) is 10.2 Å². The Morgan fingerprint density at radius 3 is 2.52 bits per heavy atom. The van der Waals surface area contributed by atoms with Crippen LogP contribution in [0.15, 0.2) is 57.9 Å². The zero-order chi connectivity index (χ0) is 22.0. The summed E-state index contributed by atoms with van der Waals surface area (Å²) in [6.45, 7) is 1.25. The predicted octanol–water partition coefficient (Wildman–Crippen LogP) is 2.91. The Balaban J connectivity index is 1.54. The summed E-state index contributed by atoms with van der Waals surface area (Å²) in [5.41, 5.74) is 2.60. The highest BCUT2D eigenvalue weighted by molar-refractivity contribution is 6.03. The van der Waals surface area contributed by atoms with Crippen molar-refractivity contribution in [2.24, 2.45) is 7.05 Å². The summed E-state index contributed by atoms with van der Waals surface area (Å²) in [7, 11) is 1.44. The minimum atomic E-state index is -0.795. The second-order valence-corrected chi connectivity index (χ2v) is 6.77. The smallest absolute Gasteiger partial charge is 0.386 e. The molecule has 4 rings (SSSR count). The molecule has 1 amide bonds. The summed E-state index contributed by atoms with van der Waals surface area (Å²) < 4.78 is 20.9. The SMILES string of the molecule is CCc1ccc(C(=O)Nc2ccc(-n3nc(-c4nn(C)c(=O)o4)cc3CF)cn2)cc1. The maximum Gasteiger partial charge on any atom is 0.437 e. The molecular weight excluding hydrogens is 403 g/mol. The molecular formula is C21H19FN6O3. The van der Waals surface area contributed by atoms with Crippen molar-refractivity contribution in [3.63, 3.8) is 0 Å². The van der Waals surface area contributed by atoms with Crippen molar-refractivity contribution in [1.29, 1.82) is 0 Å². The fourth-order valence-electron chi connectivity index (χ4n) is 2.96. The van der Waals surface area contributed by atoms with E-state index < -0.39 is 12.4 Å². The fourth-order valence-corrected chi connectivity index (χ4v) is 2.96. The number of pyridine rings is 1. The number of anilines is 1. The lowest BCUT2D eigenvalue weighted by Crippen LogP contribution is -2.13. The Labute approximate surface area is 176 Å². The monoisotopic (exact) mass is 422 g/mol. The molecule has 0 fully saturated rings. The minimum Gasteiger partial charge on any atom is -0.386 e. The summed E-state index contributed by atoms with van der Waals surface area (Å²) in [5, 5.41) is 10.9. The van der Waals surface area contributed by atoms with Gasteiger partial charge in [-0.2, -0.15) is 9.78 Å². The van der Waals surface area contributed by atoms with Gasteiger partial charge in [-0.1, -0.05) is 19.1 Å². The molecule has 3 aromatic heterocycles. The number of benzene rings is 1. The van der Waals surface area contributed by atoms with Gasteiger partial charge in [-0.3, -0.25) is 4.79 Å². The van der Waals surface area contributed by atoms with Gasteiger partial charge in [0.25, 0.3) is 11.8 Å². The molecule has 0 aliphatic heterocycles. The third-order valence-corrected chi connectivity index (χ3v) is 4.69. The van der Waals surface area contributed by atoms with E-state index >= 15 is 0 Å². The summed E-state index contributed by atoms with van der Waals surface area (Å²) in [6, 6.07) is 12.0. The number of alkyl halides is 1. The molecule has 31 heavy (non-hydrogen) atoms. The lowest BCUT2D eigenvalue weighted by Gasteiger charge is -2.08. The summed E-state index contributed by atoms with van der Waals surface area (Å²) >= 11 is 0. The molecule has 0 radical (unpaired) electrons. The molecule has 1 N–H and O–H groups in total. The number of amides is 1. The number of hydrogen-bond acceptors (Lipinski definition) is 6. The maximum absolute atomic E-state index is 13.5. The highest BCUT2D eigenvalue weighted by Gasteiger charge is 2.17. The normalized spacial score (nSPS) is 10.9. The third-order valence-electron chi connectivity index (χ3n) is 4.69. The van der Waals surface area contributed by atoms with E-state index in [4.69, 9.17) is 4.42 Å². The van der Waals surface area contributed by atoms with Crippen LogP contribution in [0.25, 0.3) is 17.3 Å². The standard InChI is InChI=1S/C21H19FN6O3/c1-3-13-4-6-14(7-5-13)19(29)24-18-9-8-15(12-23-18)28-16(11-22)10-17(25-28)20-26-27(2)21(30)31-20/h4-10,12H,3,11H2,1-2H3,(H,23,24,29). The van der Waals surface area contributed by atoms with Crippen molar-refractivity contribution in [3.05, 3.63) is 76.0 Å². The number of hydrogen-bond donors (Lipinski definition) is 1. The van der Waals surface area contributed by atoms with E-state index in [1.807, 2.05) is 19.1 Å². The van der Waals surface area contributed by atoms with E-state index in [-0.39, 0.29) is 23.2 Å². The molecule has 0 saturated heterocycles. The maximum atomic E-state index is 13.5. The lowest BCUT2D eigenvalue weighted by atomic mass is 10.1. The second kappa shape index (κ2) is 8.34. The molecule has 0 saturated carbocycles. The Morgan fingerprint density at radius 1 is 1.16 bits per heavy atom. The number of nitrogens with one attached hydrogen (secondary N) is 1. The van der Waals surface area contributed by atoms with E-state index in [0.717, 1.165) is 16.7 Å². The Morgan fingerprint density at radius 2 is 1.94 bits per heavy atom. The molecule has 3 heterocycles. The largest absolute Gasteiger partial charge is 0.437 e. The first-order valence-electron chi connectivity index (χ1n) is 9.54. The van der Waals surface area contributed by atoms with E-state index in [1.54, 1.807) is 24.3 Å². The first-order valence-corrected chi connectivity index (χ1v) is 9.54. The Hall–Kier alpha value is -4.08. The number of nitrogens with zero attached hydrogens (tertiary/aromatic N) is 5. The number of rotatable bonds is 6. The van der Waals surface area contributed by atoms with Gasteiger partial charge in [0.05, 0.1) is 17.6 Å². The van der Waals surface area contributed by atoms with E-state index in [1.165, 1.54) is 24.0 Å². The first-order chi connectivity index (χ1) is 15.0. The van der Waals surface area contributed by atoms with Crippen molar-refractivity contribution < 1.29 is 13.6 Å². The van der Waals surface area contributed by atoms with Gasteiger partial charge in [0.1, 0.15) is 12.5 Å². The average Bonchev–Trinajstić information content (AvgIpc) is 3.37. The molecule has 0 bridgehead atoms. The second-order valence-electron chi connectivity index (χ2n) is 6.77. The quantitative estimate of drug-likeness (QED) is 0.512. The van der Waals surface area contributed by atoms with E-state index in [9.17, 15) is 14.0 Å². The molecule has 0 unspecified atom stereocenters. The van der Waals surface area contributed by atoms with Crippen LogP contribution in [0.3, 0.4) is 0 Å². The highest BCUT2D eigenvalue weighted by atomic mass is 19.1. The van der Waals surface area contributed by atoms with Crippen molar-refractivity contribution in [2.75, 3.05) is 5.32 Å². The van der Waals surface area contributed by atoms with Crippen LogP contribution in [0.1, 0.15) is 28.5 Å². The Bertz CT molecular complexity index is 1270. The van der Waals surface area contributed by atoms with Crippen molar-refractivity contribution in [2.45, 2.75) is 20.0 Å². The molecule has 0 spiro atoms. The minimum absolute atomic E-state index is 0.00751. The van der Waals surface area contributed by atoms with Crippen LogP contribution in [-0.4, -0.2) is 30.5 Å². The average molecular weight is 422 g/mol. The van der Waals surface area contributed by atoms with Crippen molar-refractivity contribution in [1.82, 2.24) is 24.5 Å². The molecule has 0 atom stereocenters. The fraction of sp³-hybridized carbons (Fsp3) is 0.190. The molecule has 1 aromatic carbocycles. The number of aromatic nitrogens is 5. The molecule has 4 aromatic rings. The zero-order valence-electron chi connectivity index (χ0n) is 16.9. The number of carbonyl (C=O) groups excluding carboxylic acids is 1. The van der Waals surface area contributed by atoms with Crippen LogP contribution < -0.4 is 11.1 Å². The van der Waals surface area contributed by atoms with Gasteiger partial charge in [0.2, 0.25) is 0 Å². The molecule has 0 aliphatic carbocycles. The van der Waals surface area contributed by atoms with Gasteiger partial charge >= 0.3 is 5.76 Å². The zero-order valence-corrected chi connectivity index (χ0v) is 16.9. The Kier molecular flexibility index (Phi) is 5.44. The van der Waals surface area contributed by atoms with Gasteiger partial charge in [-0.25, -0.2) is 18.9 Å². The van der Waals surface area contributed by atoms with Gasteiger partial charge in [-0.15, -0.1) is 5.10 Å².